The van der Waals surface area contributed by atoms with Crippen LogP contribution < -0.4 is 5.32 Å². The number of fused-ring (bicyclic) bond motifs is 1. The average molecular weight is 445 g/mol. The SMILES string of the molecule is Cc1nn(C2CCS(=O)(=O)C2)c2nc(-c3ccccc3F)cc(C(=O)NC(C)(C)C)c12. The summed E-state index contributed by atoms with van der Waals surface area (Å²) in [4.78, 5) is 17.8. The number of benzene rings is 1. The first-order valence-corrected chi connectivity index (χ1v) is 11.9. The van der Waals surface area contributed by atoms with Crippen LogP contribution in [0.3, 0.4) is 0 Å². The van der Waals surface area contributed by atoms with Crippen LogP contribution in [0.1, 0.15) is 49.3 Å². The molecule has 3 heterocycles. The highest BCUT2D eigenvalue weighted by atomic mass is 32.2. The minimum absolute atomic E-state index is 0.0294. The van der Waals surface area contributed by atoms with E-state index in [2.05, 4.69) is 15.4 Å². The summed E-state index contributed by atoms with van der Waals surface area (Å²) in [6.45, 7) is 7.39. The maximum atomic E-state index is 14.5. The molecule has 1 amide bonds. The highest BCUT2D eigenvalue weighted by molar-refractivity contribution is 7.91. The van der Waals surface area contributed by atoms with Crippen molar-refractivity contribution < 1.29 is 17.6 Å². The van der Waals surface area contributed by atoms with E-state index in [0.717, 1.165) is 0 Å². The minimum atomic E-state index is -3.15. The lowest BCUT2D eigenvalue weighted by molar-refractivity contribution is 0.0921. The average Bonchev–Trinajstić information content (AvgIpc) is 3.19. The molecule has 0 aliphatic carbocycles. The molecular weight excluding hydrogens is 419 g/mol. The van der Waals surface area contributed by atoms with Gasteiger partial charge in [0.15, 0.2) is 15.5 Å². The second-order valence-corrected chi connectivity index (χ2v) is 11.3. The van der Waals surface area contributed by atoms with Crippen molar-refractivity contribution in [3.8, 4) is 11.3 Å². The van der Waals surface area contributed by atoms with Crippen LogP contribution in [0, 0.1) is 12.7 Å². The Labute approximate surface area is 180 Å². The number of nitrogens with zero attached hydrogens (tertiary/aromatic N) is 3. The summed E-state index contributed by atoms with van der Waals surface area (Å²) in [5.74, 6) is -0.720. The lowest BCUT2D eigenvalue weighted by Gasteiger charge is -2.21. The highest BCUT2D eigenvalue weighted by Crippen LogP contribution is 2.32. The zero-order valence-electron chi connectivity index (χ0n) is 17.9. The number of hydrogen-bond acceptors (Lipinski definition) is 5. The van der Waals surface area contributed by atoms with Crippen LogP contribution in [0.4, 0.5) is 4.39 Å². The second-order valence-electron chi connectivity index (χ2n) is 9.02. The van der Waals surface area contributed by atoms with E-state index in [1.54, 1.807) is 35.9 Å². The fourth-order valence-corrected chi connectivity index (χ4v) is 5.62. The Hall–Kier alpha value is -2.81. The van der Waals surface area contributed by atoms with Gasteiger partial charge in [-0.2, -0.15) is 5.10 Å². The number of amides is 1. The summed E-state index contributed by atoms with van der Waals surface area (Å²) in [5.41, 5.74) is 1.38. The van der Waals surface area contributed by atoms with Crippen LogP contribution >= 0.6 is 0 Å². The number of hydrogen-bond donors (Lipinski definition) is 1. The van der Waals surface area contributed by atoms with Gasteiger partial charge in [-0.15, -0.1) is 0 Å². The molecule has 1 N–H and O–H groups in total. The lowest BCUT2D eigenvalue weighted by Crippen LogP contribution is -2.40. The van der Waals surface area contributed by atoms with E-state index in [4.69, 9.17) is 0 Å². The summed E-state index contributed by atoms with van der Waals surface area (Å²) in [5, 5.41) is 8.04. The van der Waals surface area contributed by atoms with Gasteiger partial charge in [0.05, 0.1) is 39.9 Å². The molecule has 0 saturated carbocycles. The lowest BCUT2D eigenvalue weighted by atomic mass is 10.0. The van der Waals surface area contributed by atoms with E-state index in [1.807, 2.05) is 20.8 Å². The second kappa shape index (κ2) is 7.40. The standard InChI is InChI=1S/C22H25FN4O3S/c1-13-19-16(21(28)25-22(2,3)4)11-18(15-7-5-6-8-17(15)23)24-20(19)27(26-13)14-9-10-31(29,30)12-14/h5-8,11,14H,9-10,12H2,1-4H3,(H,25,28). The first-order valence-electron chi connectivity index (χ1n) is 10.1. The van der Waals surface area contributed by atoms with Gasteiger partial charge in [0.2, 0.25) is 0 Å². The number of carbonyl (C=O) groups is 1. The monoisotopic (exact) mass is 444 g/mol. The van der Waals surface area contributed by atoms with Crippen LogP contribution in [0.5, 0.6) is 0 Å². The molecule has 1 aliphatic heterocycles. The number of pyridine rings is 1. The molecular formula is C22H25FN4O3S. The molecule has 0 bridgehead atoms. The third-order valence-corrected chi connectivity index (χ3v) is 7.02. The van der Waals surface area contributed by atoms with Crippen molar-refractivity contribution in [2.45, 2.75) is 45.7 Å². The number of carbonyl (C=O) groups excluding carboxylic acids is 1. The molecule has 9 heteroatoms. The molecule has 2 aromatic heterocycles. The molecule has 0 spiro atoms. The Balaban J connectivity index is 1.97. The molecule has 4 rings (SSSR count). The van der Waals surface area contributed by atoms with Crippen LogP contribution in [0.25, 0.3) is 22.3 Å². The number of aromatic nitrogens is 3. The van der Waals surface area contributed by atoms with Crippen molar-refractivity contribution >= 4 is 26.8 Å². The van der Waals surface area contributed by atoms with Gasteiger partial charge in [0.25, 0.3) is 5.91 Å². The van der Waals surface area contributed by atoms with Gasteiger partial charge in [-0.1, -0.05) is 12.1 Å². The third kappa shape index (κ3) is 4.19. The Morgan fingerprint density at radius 1 is 1.26 bits per heavy atom. The molecule has 7 nitrogen and oxygen atoms in total. The smallest absolute Gasteiger partial charge is 0.252 e. The van der Waals surface area contributed by atoms with Gasteiger partial charge in [0.1, 0.15) is 5.82 Å². The minimum Gasteiger partial charge on any atom is -0.347 e. The largest absolute Gasteiger partial charge is 0.347 e. The quantitative estimate of drug-likeness (QED) is 0.668. The zero-order valence-corrected chi connectivity index (χ0v) is 18.8. The number of nitrogens with one attached hydrogen (secondary N) is 1. The van der Waals surface area contributed by atoms with Crippen LogP contribution in [0.15, 0.2) is 30.3 Å². The summed E-state index contributed by atoms with van der Waals surface area (Å²) >= 11 is 0. The van der Waals surface area contributed by atoms with Crippen LogP contribution in [-0.2, 0) is 9.84 Å². The summed E-state index contributed by atoms with van der Waals surface area (Å²) in [7, 11) is -3.15. The topological polar surface area (TPSA) is 93.9 Å². The molecule has 1 aromatic carbocycles. The van der Waals surface area contributed by atoms with Crippen molar-refractivity contribution in [2.75, 3.05) is 11.5 Å². The van der Waals surface area contributed by atoms with E-state index in [1.165, 1.54) is 6.07 Å². The van der Waals surface area contributed by atoms with E-state index in [0.29, 0.717) is 34.4 Å². The van der Waals surface area contributed by atoms with E-state index in [9.17, 15) is 17.6 Å². The third-order valence-electron chi connectivity index (χ3n) is 5.27. The number of rotatable bonds is 3. The normalized spacial score (nSPS) is 18.4. The summed E-state index contributed by atoms with van der Waals surface area (Å²) in [6, 6.07) is 7.42. The van der Waals surface area contributed by atoms with Gasteiger partial charge in [-0.25, -0.2) is 22.5 Å². The molecule has 3 aromatic rings. The van der Waals surface area contributed by atoms with Gasteiger partial charge in [-0.3, -0.25) is 4.79 Å². The number of aryl methyl sites for hydroxylation is 1. The number of sulfone groups is 1. The van der Waals surface area contributed by atoms with Crippen LogP contribution in [0.2, 0.25) is 0 Å². The first kappa shape index (κ1) is 21.4. The fraction of sp³-hybridized carbons (Fsp3) is 0.409. The summed E-state index contributed by atoms with van der Waals surface area (Å²) < 4.78 is 40.2. The molecule has 164 valence electrons. The van der Waals surface area contributed by atoms with Gasteiger partial charge in [0, 0.05) is 11.1 Å². The molecule has 1 saturated heterocycles. The Morgan fingerprint density at radius 3 is 2.58 bits per heavy atom. The molecule has 31 heavy (non-hydrogen) atoms. The Bertz CT molecular complexity index is 1290. The Morgan fingerprint density at radius 2 is 1.97 bits per heavy atom. The fourth-order valence-electron chi connectivity index (χ4n) is 3.93. The predicted molar refractivity (Wildman–Crippen MR) is 117 cm³/mol. The van der Waals surface area contributed by atoms with Gasteiger partial charge >= 0.3 is 0 Å². The Kier molecular flexibility index (Phi) is 5.12. The highest BCUT2D eigenvalue weighted by Gasteiger charge is 2.33. The van der Waals surface area contributed by atoms with Crippen molar-refractivity contribution in [1.82, 2.24) is 20.1 Å². The number of halogens is 1. The van der Waals surface area contributed by atoms with E-state index in [-0.39, 0.29) is 29.0 Å². The van der Waals surface area contributed by atoms with Crippen molar-refractivity contribution in [3.63, 3.8) is 0 Å². The van der Waals surface area contributed by atoms with E-state index < -0.39 is 21.2 Å². The molecule has 1 atom stereocenters. The van der Waals surface area contributed by atoms with Crippen molar-refractivity contribution in [2.24, 2.45) is 0 Å². The maximum Gasteiger partial charge on any atom is 0.252 e. The van der Waals surface area contributed by atoms with Crippen molar-refractivity contribution in [1.29, 1.82) is 0 Å². The molecule has 0 radical (unpaired) electrons. The van der Waals surface area contributed by atoms with Gasteiger partial charge in [-0.05, 0) is 52.3 Å². The van der Waals surface area contributed by atoms with Crippen LogP contribution in [-0.4, -0.2) is 46.1 Å². The first-order chi connectivity index (χ1) is 14.5. The predicted octanol–water partition coefficient (Wildman–Crippen LogP) is 3.43. The van der Waals surface area contributed by atoms with Gasteiger partial charge < -0.3 is 5.32 Å². The maximum absolute atomic E-state index is 14.5. The molecule has 1 unspecified atom stereocenters. The zero-order chi connectivity index (χ0) is 22.6. The van der Waals surface area contributed by atoms with E-state index >= 15 is 0 Å². The molecule has 1 fully saturated rings. The summed E-state index contributed by atoms with van der Waals surface area (Å²) in [6.07, 6.45) is 0.424. The van der Waals surface area contributed by atoms with Crippen molar-refractivity contribution in [3.05, 3.63) is 47.4 Å². The molecule has 1 aliphatic rings.